The lowest BCUT2D eigenvalue weighted by Gasteiger charge is -2.17. The summed E-state index contributed by atoms with van der Waals surface area (Å²) in [7, 11) is 1.68. The van der Waals surface area contributed by atoms with Gasteiger partial charge in [-0.25, -0.2) is 13.1 Å². The Morgan fingerprint density at radius 1 is 1.41 bits per heavy atom. The quantitative estimate of drug-likeness (QED) is 0.764. The second-order valence-electron chi connectivity index (χ2n) is 5.21. The van der Waals surface area contributed by atoms with Crippen LogP contribution in [0.5, 0.6) is 0 Å². The summed E-state index contributed by atoms with van der Waals surface area (Å²) in [6, 6.07) is 5.74. The predicted molar refractivity (Wildman–Crippen MR) is 85.7 cm³/mol. The van der Waals surface area contributed by atoms with Gasteiger partial charge in [-0.1, -0.05) is 6.07 Å². The van der Waals surface area contributed by atoms with Crippen molar-refractivity contribution in [3.8, 4) is 0 Å². The number of carbonyl (C=O) groups excluding carboxylic acids is 1. The Hall–Kier alpha value is -1.38. The Morgan fingerprint density at radius 2 is 2.23 bits per heavy atom. The van der Waals surface area contributed by atoms with Gasteiger partial charge in [-0.15, -0.1) is 11.3 Å². The van der Waals surface area contributed by atoms with E-state index in [1.54, 1.807) is 33.2 Å². The number of hydrogen-bond acceptors (Lipinski definition) is 5. The molecule has 22 heavy (non-hydrogen) atoms. The van der Waals surface area contributed by atoms with E-state index in [2.05, 4.69) is 5.10 Å². The summed E-state index contributed by atoms with van der Waals surface area (Å²) in [5, 5.41) is 6.24. The van der Waals surface area contributed by atoms with Gasteiger partial charge >= 0.3 is 0 Å². The van der Waals surface area contributed by atoms with Crippen LogP contribution in [0.1, 0.15) is 11.3 Å². The van der Waals surface area contributed by atoms with Crippen LogP contribution in [0.25, 0.3) is 0 Å². The third-order valence-electron chi connectivity index (χ3n) is 3.50. The van der Waals surface area contributed by atoms with Crippen LogP contribution in [0, 0.1) is 5.92 Å². The third kappa shape index (κ3) is 3.50. The van der Waals surface area contributed by atoms with Crippen molar-refractivity contribution >= 4 is 42.8 Å². The molecule has 1 unspecified atom stereocenters. The van der Waals surface area contributed by atoms with Crippen molar-refractivity contribution in [1.82, 2.24) is 9.78 Å². The Balaban J connectivity index is 1.77. The maximum absolute atomic E-state index is 12.2. The number of nitrogens with zero attached hydrogens (tertiary/aromatic N) is 3. The molecule has 0 saturated carbocycles. The normalized spacial score (nSPS) is 19.0. The molecule has 1 atom stereocenters. The molecule has 1 fully saturated rings. The van der Waals surface area contributed by atoms with Crippen molar-refractivity contribution in [1.29, 1.82) is 0 Å². The number of aromatic nitrogens is 2. The highest BCUT2D eigenvalue weighted by atomic mass is 35.7. The van der Waals surface area contributed by atoms with Crippen LogP contribution in [0.3, 0.4) is 0 Å². The molecular weight excluding hydrogens is 346 g/mol. The zero-order chi connectivity index (χ0) is 15.7. The van der Waals surface area contributed by atoms with Crippen molar-refractivity contribution in [2.75, 3.05) is 17.2 Å². The molecule has 0 spiro atoms. The highest BCUT2D eigenvalue weighted by molar-refractivity contribution is 8.13. The largest absolute Gasteiger partial charge is 0.297 e. The first-order valence-electron chi connectivity index (χ1n) is 6.69. The van der Waals surface area contributed by atoms with Crippen molar-refractivity contribution in [2.45, 2.75) is 13.0 Å². The van der Waals surface area contributed by atoms with Crippen LogP contribution in [0.2, 0.25) is 0 Å². The standard InChI is InChI=1S/C13H14ClN3O3S2/c14-22(19,20)9-10-6-13(18)16(7-10)12-3-4-15-17(12)8-11-2-1-5-21-11/h1-5,10H,6-9H2. The van der Waals surface area contributed by atoms with Gasteiger partial charge in [0.25, 0.3) is 0 Å². The lowest BCUT2D eigenvalue weighted by Crippen LogP contribution is -2.28. The molecule has 3 rings (SSSR count). The molecule has 1 aliphatic heterocycles. The number of rotatable bonds is 5. The summed E-state index contributed by atoms with van der Waals surface area (Å²) in [6.07, 6.45) is 1.83. The van der Waals surface area contributed by atoms with Gasteiger partial charge in [-0.05, 0) is 11.4 Å². The molecule has 0 bridgehead atoms. The lowest BCUT2D eigenvalue weighted by molar-refractivity contribution is -0.117. The van der Waals surface area contributed by atoms with Gasteiger partial charge in [0, 0.05) is 40.5 Å². The van der Waals surface area contributed by atoms with E-state index in [0.29, 0.717) is 18.9 Å². The first-order chi connectivity index (χ1) is 10.4. The van der Waals surface area contributed by atoms with Gasteiger partial charge in [0.2, 0.25) is 15.0 Å². The van der Waals surface area contributed by atoms with Crippen molar-refractivity contribution in [2.24, 2.45) is 5.92 Å². The summed E-state index contributed by atoms with van der Waals surface area (Å²) in [5.74, 6) is 0.127. The molecule has 3 heterocycles. The van der Waals surface area contributed by atoms with Crippen LogP contribution >= 0.6 is 22.0 Å². The minimum absolute atomic E-state index is 0.0988. The molecule has 1 aliphatic rings. The van der Waals surface area contributed by atoms with E-state index in [1.165, 1.54) is 0 Å². The zero-order valence-electron chi connectivity index (χ0n) is 11.6. The van der Waals surface area contributed by atoms with Crippen molar-refractivity contribution < 1.29 is 13.2 Å². The number of thiophene rings is 1. The van der Waals surface area contributed by atoms with Crippen molar-refractivity contribution in [3.05, 3.63) is 34.7 Å². The van der Waals surface area contributed by atoms with Crippen LogP contribution in [0.15, 0.2) is 29.8 Å². The Morgan fingerprint density at radius 3 is 2.91 bits per heavy atom. The van der Waals surface area contributed by atoms with E-state index in [0.717, 1.165) is 4.88 Å². The number of amides is 1. The Kier molecular flexibility index (Phi) is 4.24. The van der Waals surface area contributed by atoms with Gasteiger partial charge in [-0.3, -0.25) is 9.69 Å². The average Bonchev–Trinajstić information content (AvgIpc) is 3.10. The van der Waals surface area contributed by atoms with E-state index in [-0.39, 0.29) is 24.0 Å². The zero-order valence-corrected chi connectivity index (χ0v) is 13.9. The summed E-state index contributed by atoms with van der Waals surface area (Å²) in [6.45, 7) is 0.934. The molecule has 0 aliphatic carbocycles. The molecule has 0 aromatic carbocycles. The minimum Gasteiger partial charge on any atom is -0.297 e. The molecule has 1 amide bonds. The van der Waals surface area contributed by atoms with Gasteiger partial charge in [0.1, 0.15) is 5.82 Å². The predicted octanol–water partition coefficient (Wildman–Crippen LogP) is 1.91. The summed E-state index contributed by atoms with van der Waals surface area (Å²) in [5.41, 5.74) is 0. The Labute approximate surface area is 136 Å². The third-order valence-corrected chi connectivity index (χ3v) is 5.60. The molecule has 9 heteroatoms. The molecule has 2 aromatic heterocycles. The number of carbonyl (C=O) groups is 1. The Bertz CT molecular complexity index is 770. The summed E-state index contributed by atoms with van der Waals surface area (Å²) >= 11 is 1.62. The fourth-order valence-corrected chi connectivity index (χ4v) is 4.63. The molecule has 2 aromatic rings. The number of hydrogen-bond donors (Lipinski definition) is 0. The smallest absolute Gasteiger partial charge is 0.232 e. The maximum atomic E-state index is 12.2. The van der Waals surface area contributed by atoms with Crippen molar-refractivity contribution in [3.63, 3.8) is 0 Å². The molecule has 1 saturated heterocycles. The first-order valence-corrected chi connectivity index (χ1v) is 10.0. The van der Waals surface area contributed by atoms with Crippen LogP contribution < -0.4 is 4.90 Å². The van der Waals surface area contributed by atoms with Gasteiger partial charge in [0.05, 0.1) is 18.5 Å². The number of halogens is 1. The maximum Gasteiger partial charge on any atom is 0.232 e. The van der Waals surface area contributed by atoms with Crippen LogP contribution in [0.4, 0.5) is 5.82 Å². The van der Waals surface area contributed by atoms with E-state index in [4.69, 9.17) is 10.7 Å². The van der Waals surface area contributed by atoms with E-state index < -0.39 is 9.05 Å². The minimum atomic E-state index is -3.60. The second-order valence-corrected chi connectivity index (χ2v) is 9.06. The second kappa shape index (κ2) is 6.02. The average molecular weight is 360 g/mol. The first kappa shape index (κ1) is 15.5. The van der Waals surface area contributed by atoms with E-state index in [1.807, 2.05) is 17.5 Å². The monoisotopic (exact) mass is 359 g/mol. The summed E-state index contributed by atoms with van der Waals surface area (Å²) in [4.78, 5) is 14.9. The molecule has 0 N–H and O–H groups in total. The van der Waals surface area contributed by atoms with Gasteiger partial charge in [-0.2, -0.15) is 5.10 Å². The van der Waals surface area contributed by atoms with Crippen LogP contribution in [-0.2, 0) is 20.4 Å². The molecule has 118 valence electrons. The number of anilines is 1. The highest BCUT2D eigenvalue weighted by Gasteiger charge is 2.34. The molecular formula is C13H14ClN3O3S2. The van der Waals surface area contributed by atoms with E-state index in [9.17, 15) is 13.2 Å². The van der Waals surface area contributed by atoms with Crippen LogP contribution in [-0.4, -0.2) is 36.4 Å². The van der Waals surface area contributed by atoms with E-state index >= 15 is 0 Å². The fraction of sp³-hybridized carbons (Fsp3) is 0.385. The lowest BCUT2D eigenvalue weighted by atomic mass is 10.1. The van der Waals surface area contributed by atoms with Gasteiger partial charge in [0.15, 0.2) is 0 Å². The fourth-order valence-electron chi connectivity index (χ4n) is 2.62. The SMILES string of the molecule is O=C1CC(CS(=O)(=O)Cl)CN1c1ccnn1Cc1cccs1. The summed E-state index contributed by atoms with van der Waals surface area (Å²) < 4.78 is 24.1. The molecule has 6 nitrogen and oxygen atoms in total. The van der Waals surface area contributed by atoms with Gasteiger partial charge < -0.3 is 0 Å². The molecule has 0 radical (unpaired) electrons. The topological polar surface area (TPSA) is 72.3 Å². The highest BCUT2D eigenvalue weighted by Crippen LogP contribution is 2.27.